The molecule has 1 aliphatic heterocycles. The number of carboxylic acids is 1. The van der Waals surface area contributed by atoms with E-state index in [2.05, 4.69) is 21.2 Å². The summed E-state index contributed by atoms with van der Waals surface area (Å²) in [6.07, 6.45) is 1.32. The minimum Gasteiger partial charge on any atom is -0.493 e. The first-order valence-electron chi connectivity index (χ1n) is 10.7. The number of ether oxygens (including phenoxy) is 2. The van der Waals surface area contributed by atoms with Gasteiger partial charge in [-0.3, -0.25) is 14.9 Å². The van der Waals surface area contributed by atoms with Crippen LogP contribution in [0.1, 0.15) is 21.5 Å². The van der Waals surface area contributed by atoms with Gasteiger partial charge in [-0.25, -0.2) is 14.5 Å². The number of halogens is 2. The molecule has 1 saturated heterocycles. The Hall–Kier alpha value is -4.15. The molecule has 4 rings (SSSR count). The van der Waals surface area contributed by atoms with Gasteiger partial charge < -0.3 is 14.6 Å². The zero-order chi connectivity index (χ0) is 26.7. The highest BCUT2D eigenvalue weighted by Gasteiger charge is 2.37. The Morgan fingerprint density at radius 2 is 1.84 bits per heavy atom. The van der Waals surface area contributed by atoms with Gasteiger partial charge in [0.2, 0.25) is 0 Å². The van der Waals surface area contributed by atoms with Gasteiger partial charge >= 0.3 is 12.0 Å². The molecule has 0 bridgehead atoms. The monoisotopic (exact) mass is 584 g/mol. The Morgan fingerprint density at radius 1 is 1.11 bits per heavy atom. The number of carboxylic acid groups (broad SMARTS) is 1. The van der Waals surface area contributed by atoms with Gasteiger partial charge in [-0.05, 0) is 81.7 Å². The molecule has 0 atom stereocenters. The molecule has 3 aromatic rings. The van der Waals surface area contributed by atoms with E-state index in [1.54, 1.807) is 24.3 Å². The highest BCUT2D eigenvalue weighted by atomic mass is 79.9. The number of carbonyl (C=O) groups excluding carboxylic acids is 3. The molecule has 0 aromatic heterocycles. The first kappa shape index (κ1) is 25.9. The van der Waals surface area contributed by atoms with E-state index in [0.29, 0.717) is 26.6 Å². The van der Waals surface area contributed by atoms with Crippen LogP contribution in [0.4, 0.5) is 10.5 Å². The summed E-state index contributed by atoms with van der Waals surface area (Å²) in [4.78, 5) is 50.0. The Bertz CT molecular complexity index is 1450. The maximum atomic E-state index is 13.1. The van der Waals surface area contributed by atoms with E-state index in [0.717, 1.165) is 10.5 Å². The number of barbiturate groups is 1. The fraction of sp³-hybridized carbons (Fsp3) is 0.0769. The Kier molecular flexibility index (Phi) is 7.61. The van der Waals surface area contributed by atoms with Gasteiger partial charge in [-0.15, -0.1) is 0 Å². The van der Waals surface area contributed by atoms with Crippen LogP contribution in [0.5, 0.6) is 11.5 Å². The van der Waals surface area contributed by atoms with Crippen LogP contribution in [0.2, 0.25) is 5.02 Å². The summed E-state index contributed by atoms with van der Waals surface area (Å²) < 4.78 is 11.9. The van der Waals surface area contributed by atoms with E-state index < -0.39 is 23.8 Å². The predicted molar refractivity (Wildman–Crippen MR) is 139 cm³/mol. The van der Waals surface area contributed by atoms with Crippen LogP contribution in [-0.4, -0.2) is 36.0 Å². The number of imide groups is 2. The molecule has 188 valence electrons. The molecule has 0 spiro atoms. The van der Waals surface area contributed by atoms with E-state index in [1.165, 1.54) is 37.5 Å². The lowest BCUT2D eigenvalue weighted by Gasteiger charge is -2.26. The van der Waals surface area contributed by atoms with E-state index in [1.807, 2.05) is 12.1 Å². The summed E-state index contributed by atoms with van der Waals surface area (Å²) in [6.45, 7) is 0.217. The summed E-state index contributed by atoms with van der Waals surface area (Å²) in [7, 11) is 1.45. The largest absolute Gasteiger partial charge is 0.493 e. The summed E-state index contributed by atoms with van der Waals surface area (Å²) in [5.41, 5.74) is 1.05. The van der Waals surface area contributed by atoms with Crippen molar-refractivity contribution in [3.63, 3.8) is 0 Å². The topological polar surface area (TPSA) is 122 Å². The van der Waals surface area contributed by atoms with Gasteiger partial charge in [-0.1, -0.05) is 23.7 Å². The number of nitrogens with zero attached hydrogens (tertiary/aromatic N) is 1. The number of hydrogen-bond acceptors (Lipinski definition) is 6. The van der Waals surface area contributed by atoms with E-state index in [4.69, 9.17) is 26.2 Å². The van der Waals surface area contributed by atoms with Crippen LogP contribution >= 0.6 is 27.5 Å². The fourth-order valence-electron chi connectivity index (χ4n) is 3.56. The van der Waals surface area contributed by atoms with Crippen molar-refractivity contribution >= 4 is 63.1 Å². The maximum absolute atomic E-state index is 13.1. The van der Waals surface area contributed by atoms with Crippen molar-refractivity contribution in [2.75, 3.05) is 12.0 Å². The number of nitrogens with one attached hydrogen (secondary N) is 1. The average molecular weight is 586 g/mol. The highest BCUT2D eigenvalue weighted by molar-refractivity contribution is 9.10. The first-order chi connectivity index (χ1) is 17.7. The molecule has 37 heavy (non-hydrogen) atoms. The molecule has 4 amide bonds. The van der Waals surface area contributed by atoms with E-state index >= 15 is 0 Å². The molecule has 0 unspecified atom stereocenters. The van der Waals surface area contributed by atoms with Crippen molar-refractivity contribution < 1.29 is 33.8 Å². The van der Waals surface area contributed by atoms with Crippen molar-refractivity contribution in [3.05, 3.63) is 92.4 Å². The number of hydrogen-bond donors (Lipinski definition) is 2. The molecule has 1 aliphatic rings. The lowest BCUT2D eigenvalue weighted by molar-refractivity contribution is -0.122. The lowest BCUT2D eigenvalue weighted by atomic mass is 10.1. The van der Waals surface area contributed by atoms with Crippen molar-refractivity contribution in [2.24, 2.45) is 0 Å². The Balaban J connectivity index is 1.63. The van der Waals surface area contributed by atoms with Crippen LogP contribution in [-0.2, 0) is 16.2 Å². The molecule has 9 nitrogen and oxygen atoms in total. The third kappa shape index (κ3) is 5.65. The second-order valence-corrected chi connectivity index (χ2v) is 9.05. The van der Waals surface area contributed by atoms with Crippen LogP contribution in [0, 0.1) is 0 Å². The third-order valence-corrected chi connectivity index (χ3v) is 6.13. The molecule has 11 heteroatoms. The highest BCUT2D eigenvalue weighted by Crippen LogP contribution is 2.38. The average Bonchev–Trinajstić information content (AvgIpc) is 2.86. The van der Waals surface area contributed by atoms with Gasteiger partial charge in [0.1, 0.15) is 12.2 Å². The summed E-state index contributed by atoms with van der Waals surface area (Å²) in [5, 5.41) is 11.8. The molecule has 1 fully saturated rings. The van der Waals surface area contributed by atoms with Crippen LogP contribution in [0.3, 0.4) is 0 Å². The van der Waals surface area contributed by atoms with Gasteiger partial charge in [0.25, 0.3) is 11.8 Å². The normalized spacial score (nSPS) is 14.5. The molecule has 0 aliphatic carbocycles. The molecular weight excluding hydrogens is 568 g/mol. The maximum Gasteiger partial charge on any atom is 0.335 e. The molecule has 1 heterocycles. The van der Waals surface area contributed by atoms with Crippen molar-refractivity contribution in [1.82, 2.24) is 5.32 Å². The number of carbonyl (C=O) groups is 4. The number of anilines is 1. The Morgan fingerprint density at radius 3 is 2.49 bits per heavy atom. The lowest BCUT2D eigenvalue weighted by Crippen LogP contribution is -2.54. The summed E-state index contributed by atoms with van der Waals surface area (Å²) in [6, 6.07) is 14.6. The third-order valence-electron chi connectivity index (χ3n) is 5.31. The van der Waals surface area contributed by atoms with E-state index in [9.17, 15) is 19.2 Å². The SMILES string of the molecule is COc1cc(/C=C2\C(=O)NC(=O)N(c3ccc(C(=O)O)cc3)C2=O)cc(Br)c1OCc1cccc(Cl)c1. The number of urea groups is 1. The first-order valence-corrected chi connectivity index (χ1v) is 11.8. The molecular formula is C26H18BrClN2O7. The van der Waals surface area contributed by atoms with Crippen LogP contribution in [0.25, 0.3) is 6.08 Å². The predicted octanol–water partition coefficient (Wildman–Crippen LogP) is 5.05. The smallest absolute Gasteiger partial charge is 0.335 e. The van der Waals surface area contributed by atoms with Crippen LogP contribution < -0.4 is 19.7 Å². The van der Waals surface area contributed by atoms with Gasteiger partial charge in [0, 0.05) is 5.02 Å². The number of methoxy groups -OCH3 is 1. The number of aromatic carboxylic acids is 1. The summed E-state index contributed by atoms with van der Waals surface area (Å²) >= 11 is 9.47. The van der Waals surface area contributed by atoms with Crippen molar-refractivity contribution in [2.45, 2.75) is 6.61 Å². The molecule has 2 N–H and O–H groups in total. The number of amides is 4. The van der Waals surface area contributed by atoms with Crippen LogP contribution in [0.15, 0.2) is 70.7 Å². The van der Waals surface area contributed by atoms with Gasteiger partial charge in [0.15, 0.2) is 11.5 Å². The van der Waals surface area contributed by atoms with E-state index in [-0.39, 0.29) is 23.4 Å². The summed E-state index contributed by atoms with van der Waals surface area (Å²) in [5.74, 6) is -2.15. The number of rotatable bonds is 7. The van der Waals surface area contributed by atoms with Crippen molar-refractivity contribution in [3.8, 4) is 11.5 Å². The van der Waals surface area contributed by atoms with Crippen molar-refractivity contribution in [1.29, 1.82) is 0 Å². The minimum atomic E-state index is -1.16. The molecule has 0 saturated carbocycles. The zero-order valence-electron chi connectivity index (χ0n) is 19.2. The second-order valence-electron chi connectivity index (χ2n) is 7.76. The quantitative estimate of drug-likeness (QED) is 0.294. The Labute approximate surface area is 224 Å². The molecule has 3 aromatic carbocycles. The number of benzene rings is 3. The van der Waals surface area contributed by atoms with Gasteiger partial charge in [0.05, 0.1) is 22.8 Å². The zero-order valence-corrected chi connectivity index (χ0v) is 21.5. The molecule has 0 radical (unpaired) electrons. The minimum absolute atomic E-state index is 0.0184. The standard InChI is InChI=1S/C26H18BrClN2O7/c1-36-21-12-15(11-20(27)22(21)37-13-14-3-2-4-17(28)9-14)10-19-23(31)29-26(35)30(24(19)32)18-7-5-16(6-8-18)25(33)34/h2-12H,13H2,1H3,(H,33,34)(H,29,31,35)/b19-10+. The van der Waals surface area contributed by atoms with Gasteiger partial charge in [-0.2, -0.15) is 0 Å². The fourth-order valence-corrected chi connectivity index (χ4v) is 4.34. The second kappa shape index (κ2) is 10.9.